The van der Waals surface area contributed by atoms with Crippen LogP contribution in [0.15, 0.2) is 291 Å². The molecule has 0 unspecified atom stereocenters. The molecule has 0 radical (unpaired) electrons. The quantitative estimate of drug-likeness (QED) is 0.0648. The summed E-state index contributed by atoms with van der Waals surface area (Å²) in [5.74, 6) is 4.48. The van der Waals surface area contributed by atoms with E-state index in [0.717, 1.165) is 67.9 Å². The van der Waals surface area contributed by atoms with Gasteiger partial charge in [-0.05, 0) is 173 Å². The van der Waals surface area contributed by atoms with Crippen LogP contribution in [0, 0.1) is 0 Å². The number of benzene rings is 12. The number of aliphatic hydroxyl groups excluding tert-OH is 2. The van der Waals surface area contributed by atoms with Gasteiger partial charge in [0.25, 0.3) is 0 Å². The van der Waals surface area contributed by atoms with E-state index in [-0.39, 0.29) is 26.4 Å². The molecular weight excluding hydrogens is 1120 g/mol. The van der Waals surface area contributed by atoms with E-state index in [1.54, 1.807) is 0 Å². The number of hydrogen-bond acceptors (Lipinski definition) is 8. The topological polar surface area (TPSA) is 95.8 Å². The minimum atomic E-state index is -0.604. The Balaban J connectivity index is 0.628. The lowest BCUT2D eigenvalue weighted by Crippen LogP contribution is -2.28. The van der Waals surface area contributed by atoms with Crippen molar-refractivity contribution in [1.29, 1.82) is 0 Å². The Bertz CT molecular complexity index is 4150. The molecule has 3 aliphatic rings. The molecule has 446 valence electrons. The Kier molecular flexibility index (Phi) is 15.2. The molecule has 0 fully saturated rings. The lowest BCUT2D eigenvalue weighted by Gasteiger charge is -2.34. The zero-order valence-corrected chi connectivity index (χ0v) is 50.2. The molecule has 2 N–H and O–H groups in total. The SMILES string of the molecule is OCCOc1ccc(C2(c3ccc(OCCOc4ccc(C5(c6ccc(OCCOc7ccc(C8(c9ccc(OCCO)cc9)c9ccccc9-c9ccccc98)cc7)cc6)c6ccccc6-c6ccccc65)cc4)cc3)c3ccccc3-c3ccccc32)cc1. The summed E-state index contributed by atoms with van der Waals surface area (Å²) >= 11 is 0. The molecule has 15 rings (SSSR count). The molecule has 0 saturated heterocycles. The van der Waals surface area contributed by atoms with Crippen molar-refractivity contribution in [2.24, 2.45) is 0 Å². The van der Waals surface area contributed by atoms with Gasteiger partial charge in [0.05, 0.1) is 29.5 Å². The van der Waals surface area contributed by atoms with Crippen LogP contribution in [0.25, 0.3) is 33.4 Å². The fourth-order valence-electron chi connectivity index (χ4n) is 14.8. The van der Waals surface area contributed by atoms with Crippen LogP contribution in [-0.2, 0) is 16.2 Å². The number of hydrogen-bond donors (Lipinski definition) is 2. The van der Waals surface area contributed by atoms with Gasteiger partial charge < -0.3 is 38.6 Å². The Morgan fingerprint density at radius 3 is 0.505 bits per heavy atom. The van der Waals surface area contributed by atoms with Crippen LogP contribution in [-0.4, -0.2) is 63.1 Å². The molecule has 0 amide bonds. The van der Waals surface area contributed by atoms with Crippen molar-refractivity contribution in [3.05, 3.63) is 358 Å². The highest BCUT2D eigenvalue weighted by Gasteiger charge is 2.49. The van der Waals surface area contributed by atoms with E-state index >= 15 is 0 Å². The van der Waals surface area contributed by atoms with Gasteiger partial charge in [0.15, 0.2) is 0 Å². The fraction of sp³-hybridized carbons (Fsp3) is 0.133. The zero-order chi connectivity index (χ0) is 61.2. The normalized spacial score (nSPS) is 13.8. The minimum Gasteiger partial charge on any atom is -0.491 e. The van der Waals surface area contributed by atoms with Crippen molar-refractivity contribution in [2.75, 3.05) is 52.9 Å². The van der Waals surface area contributed by atoms with Crippen molar-refractivity contribution >= 4 is 0 Å². The van der Waals surface area contributed by atoms with E-state index in [0.29, 0.717) is 26.4 Å². The van der Waals surface area contributed by atoms with Crippen LogP contribution in [0.4, 0.5) is 0 Å². The monoisotopic (exact) mass is 1190 g/mol. The molecule has 12 aromatic rings. The molecule has 0 aliphatic heterocycles. The van der Waals surface area contributed by atoms with Gasteiger partial charge in [0.2, 0.25) is 0 Å². The number of fused-ring (bicyclic) bond motifs is 9. The molecule has 12 aromatic carbocycles. The second kappa shape index (κ2) is 24.4. The van der Waals surface area contributed by atoms with Crippen molar-refractivity contribution in [1.82, 2.24) is 0 Å². The van der Waals surface area contributed by atoms with Gasteiger partial charge in [-0.1, -0.05) is 218 Å². The molecule has 0 atom stereocenters. The predicted molar refractivity (Wildman–Crippen MR) is 358 cm³/mol. The summed E-state index contributed by atoms with van der Waals surface area (Å²) in [6.45, 7) is 1.84. The first kappa shape index (κ1) is 56.8. The molecule has 3 aliphatic carbocycles. The van der Waals surface area contributed by atoms with E-state index < -0.39 is 16.2 Å². The van der Waals surface area contributed by atoms with Gasteiger partial charge in [0, 0.05) is 0 Å². The fourth-order valence-corrected chi connectivity index (χ4v) is 14.8. The molecule has 0 saturated carbocycles. The average Bonchev–Trinajstić information content (AvgIpc) is 1.58. The van der Waals surface area contributed by atoms with Gasteiger partial charge >= 0.3 is 0 Å². The number of rotatable bonds is 22. The van der Waals surface area contributed by atoms with Crippen LogP contribution in [0.2, 0.25) is 0 Å². The number of aliphatic hydroxyl groups is 2. The van der Waals surface area contributed by atoms with E-state index in [1.165, 1.54) is 66.8 Å². The van der Waals surface area contributed by atoms with Crippen LogP contribution < -0.4 is 28.4 Å². The lowest BCUT2D eigenvalue weighted by atomic mass is 9.68. The summed E-state index contributed by atoms with van der Waals surface area (Å²) in [4.78, 5) is 0. The van der Waals surface area contributed by atoms with Crippen molar-refractivity contribution < 1.29 is 38.6 Å². The highest BCUT2D eigenvalue weighted by atomic mass is 16.5. The molecule has 0 spiro atoms. The van der Waals surface area contributed by atoms with Crippen LogP contribution >= 0.6 is 0 Å². The highest BCUT2D eigenvalue weighted by Crippen LogP contribution is 2.59. The third-order valence-electron chi connectivity index (χ3n) is 18.5. The van der Waals surface area contributed by atoms with Crippen LogP contribution in [0.1, 0.15) is 66.8 Å². The first-order chi connectivity index (χ1) is 45.0. The summed E-state index contributed by atoms with van der Waals surface area (Å²) in [6.07, 6.45) is 0. The smallest absolute Gasteiger partial charge is 0.122 e. The minimum absolute atomic E-state index is 0.0423. The van der Waals surface area contributed by atoms with Gasteiger partial charge in [0.1, 0.15) is 74.1 Å². The summed E-state index contributed by atoms with van der Waals surface area (Å²) in [5, 5.41) is 18.8. The summed E-state index contributed by atoms with van der Waals surface area (Å²) in [5.41, 5.74) is 19.7. The second-order valence-electron chi connectivity index (χ2n) is 23.2. The standard InChI is InChI=1S/C83H66O8/c84-49-51-86-63-37-25-57(26-38-63)81(75-19-7-1-13-69(75)70-14-2-8-20-76(70)81)59-29-41-65(42-30-59)88-53-55-90-67-45-33-61(34-46-67)83(79-23-11-5-17-73(79)74-18-6-12-24-80(74)83)62-35-47-68(48-36-62)91-56-54-89-66-43-31-60(32-44-66)82(58-27-39-64(40-28-58)87-52-50-85)77-21-9-3-15-71(77)72-16-4-10-22-78(72)82/h1-48,84-85H,49-56H2. The second-order valence-corrected chi connectivity index (χ2v) is 23.2. The Morgan fingerprint density at radius 2 is 0.341 bits per heavy atom. The Morgan fingerprint density at radius 1 is 0.187 bits per heavy atom. The Hall–Kier alpha value is -10.6. The first-order valence-electron chi connectivity index (χ1n) is 31.2. The average molecular weight is 1190 g/mol. The van der Waals surface area contributed by atoms with Crippen molar-refractivity contribution in [3.63, 3.8) is 0 Å². The molecule has 8 nitrogen and oxygen atoms in total. The summed E-state index contributed by atoms with van der Waals surface area (Å²) in [7, 11) is 0. The Labute approximate surface area is 530 Å². The molecular formula is C83H66O8. The first-order valence-corrected chi connectivity index (χ1v) is 31.2. The van der Waals surface area contributed by atoms with Gasteiger partial charge in [-0.25, -0.2) is 0 Å². The van der Waals surface area contributed by atoms with E-state index in [1.807, 2.05) is 24.3 Å². The molecule has 91 heavy (non-hydrogen) atoms. The van der Waals surface area contributed by atoms with E-state index in [9.17, 15) is 10.2 Å². The van der Waals surface area contributed by atoms with E-state index in [2.05, 4.69) is 267 Å². The largest absolute Gasteiger partial charge is 0.491 e. The predicted octanol–water partition coefficient (Wildman–Crippen LogP) is 16.4. The third-order valence-corrected chi connectivity index (χ3v) is 18.5. The zero-order valence-electron chi connectivity index (χ0n) is 50.2. The maximum Gasteiger partial charge on any atom is 0.122 e. The molecule has 0 bridgehead atoms. The van der Waals surface area contributed by atoms with Crippen molar-refractivity contribution in [2.45, 2.75) is 16.2 Å². The van der Waals surface area contributed by atoms with E-state index in [4.69, 9.17) is 28.4 Å². The van der Waals surface area contributed by atoms with Gasteiger partial charge in [-0.2, -0.15) is 0 Å². The maximum atomic E-state index is 9.40. The summed E-state index contributed by atoms with van der Waals surface area (Å²) in [6, 6.07) is 103. The number of ether oxygens (including phenoxy) is 6. The highest BCUT2D eigenvalue weighted by molar-refractivity contribution is 5.89. The third kappa shape index (κ3) is 9.69. The van der Waals surface area contributed by atoms with Crippen molar-refractivity contribution in [3.8, 4) is 67.9 Å². The molecule has 0 heterocycles. The molecule has 0 aromatic heterocycles. The van der Waals surface area contributed by atoms with Gasteiger partial charge in [-0.15, -0.1) is 0 Å². The molecule has 8 heteroatoms. The van der Waals surface area contributed by atoms with Crippen LogP contribution in [0.5, 0.6) is 34.5 Å². The van der Waals surface area contributed by atoms with Gasteiger partial charge in [-0.3, -0.25) is 0 Å². The lowest BCUT2D eigenvalue weighted by molar-refractivity contribution is 0.201. The van der Waals surface area contributed by atoms with Crippen LogP contribution in [0.3, 0.4) is 0 Å². The summed E-state index contributed by atoms with van der Waals surface area (Å²) < 4.78 is 37.1. The maximum absolute atomic E-state index is 9.40.